The molecule has 2 aromatic rings. The summed E-state index contributed by atoms with van der Waals surface area (Å²) < 4.78 is 1.90. The van der Waals surface area contributed by atoms with Crippen LogP contribution >= 0.6 is 0 Å². The van der Waals surface area contributed by atoms with Gasteiger partial charge in [0, 0.05) is 25.4 Å². The first-order valence-electron chi connectivity index (χ1n) is 5.42. The molecule has 0 spiro atoms. The fourth-order valence-electron chi connectivity index (χ4n) is 2.23. The van der Waals surface area contributed by atoms with Crippen LogP contribution in [0.3, 0.4) is 0 Å². The molecule has 0 fully saturated rings. The van der Waals surface area contributed by atoms with Crippen molar-refractivity contribution in [2.75, 3.05) is 5.73 Å². The van der Waals surface area contributed by atoms with Crippen LogP contribution in [0.1, 0.15) is 23.7 Å². The number of aromatic nitrogens is 4. The summed E-state index contributed by atoms with van der Waals surface area (Å²) in [6.07, 6.45) is 5.70. The Morgan fingerprint density at radius 1 is 1.44 bits per heavy atom. The van der Waals surface area contributed by atoms with E-state index in [1.165, 1.54) is 5.56 Å². The number of aryl methyl sites for hydroxylation is 1. The molecule has 1 aliphatic rings. The van der Waals surface area contributed by atoms with Gasteiger partial charge >= 0.3 is 0 Å². The van der Waals surface area contributed by atoms with Crippen molar-refractivity contribution in [2.45, 2.75) is 25.3 Å². The Bertz CT molecular complexity index is 490. The van der Waals surface area contributed by atoms with E-state index in [-0.39, 0.29) is 0 Å². The van der Waals surface area contributed by atoms with Crippen molar-refractivity contribution in [3.8, 4) is 0 Å². The van der Waals surface area contributed by atoms with Crippen molar-refractivity contribution in [3.05, 3.63) is 35.9 Å². The number of rotatable bonds is 1. The van der Waals surface area contributed by atoms with Gasteiger partial charge in [-0.3, -0.25) is 4.98 Å². The Kier molecular flexibility index (Phi) is 2.09. The highest BCUT2D eigenvalue weighted by molar-refractivity contribution is 5.21. The van der Waals surface area contributed by atoms with Crippen molar-refractivity contribution in [1.82, 2.24) is 19.7 Å². The lowest BCUT2D eigenvalue weighted by Gasteiger charge is -2.21. The van der Waals surface area contributed by atoms with Crippen molar-refractivity contribution < 1.29 is 0 Å². The summed E-state index contributed by atoms with van der Waals surface area (Å²) in [4.78, 5) is 8.39. The zero-order valence-electron chi connectivity index (χ0n) is 8.87. The van der Waals surface area contributed by atoms with Crippen molar-refractivity contribution in [2.24, 2.45) is 0 Å². The molecule has 0 amide bonds. The van der Waals surface area contributed by atoms with Gasteiger partial charge in [-0.15, -0.1) is 5.10 Å². The molecule has 5 heteroatoms. The zero-order chi connectivity index (χ0) is 11.0. The maximum Gasteiger partial charge on any atom is 0.239 e. The Balaban J connectivity index is 1.88. The van der Waals surface area contributed by atoms with Crippen LogP contribution in [-0.2, 0) is 13.0 Å². The third kappa shape index (κ3) is 1.54. The van der Waals surface area contributed by atoms with Crippen molar-refractivity contribution >= 4 is 5.95 Å². The summed E-state index contributed by atoms with van der Waals surface area (Å²) in [5.74, 6) is 1.85. The fraction of sp³-hybridized carbons (Fsp3) is 0.364. The van der Waals surface area contributed by atoms with Gasteiger partial charge in [-0.05, 0) is 24.0 Å². The van der Waals surface area contributed by atoms with Crippen LogP contribution in [-0.4, -0.2) is 19.7 Å². The normalized spacial score (nSPS) is 19.4. The average molecular weight is 215 g/mol. The maximum absolute atomic E-state index is 5.59. The monoisotopic (exact) mass is 215 g/mol. The van der Waals surface area contributed by atoms with E-state index in [0.717, 1.165) is 25.2 Å². The summed E-state index contributed by atoms with van der Waals surface area (Å²) in [6.45, 7) is 0.888. The van der Waals surface area contributed by atoms with E-state index >= 15 is 0 Å². The highest BCUT2D eigenvalue weighted by atomic mass is 15.4. The van der Waals surface area contributed by atoms with Gasteiger partial charge < -0.3 is 5.73 Å². The second kappa shape index (κ2) is 3.59. The number of nitrogens with zero attached hydrogens (tertiary/aromatic N) is 4. The van der Waals surface area contributed by atoms with Gasteiger partial charge in [0.25, 0.3) is 0 Å². The van der Waals surface area contributed by atoms with Gasteiger partial charge in [0.05, 0.1) is 0 Å². The van der Waals surface area contributed by atoms with E-state index in [0.29, 0.717) is 11.9 Å². The lowest BCUT2D eigenvalue weighted by Crippen LogP contribution is -2.19. The van der Waals surface area contributed by atoms with Crippen molar-refractivity contribution in [3.63, 3.8) is 0 Å². The van der Waals surface area contributed by atoms with Crippen LogP contribution in [0, 0.1) is 0 Å². The lowest BCUT2D eigenvalue weighted by atomic mass is 9.91. The molecule has 5 nitrogen and oxygen atoms in total. The molecule has 0 bridgehead atoms. The molecule has 3 rings (SSSR count). The summed E-state index contributed by atoms with van der Waals surface area (Å²) in [7, 11) is 0. The molecule has 1 unspecified atom stereocenters. The predicted molar refractivity (Wildman–Crippen MR) is 59.7 cm³/mol. The molecule has 3 heterocycles. The molecule has 0 radical (unpaired) electrons. The minimum Gasteiger partial charge on any atom is -0.366 e. The third-order valence-electron chi connectivity index (χ3n) is 3.04. The number of pyridine rings is 1. The molecule has 2 N–H and O–H groups in total. The zero-order valence-corrected chi connectivity index (χ0v) is 8.87. The largest absolute Gasteiger partial charge is 0.366 e. The van der Waals surface area contributed by atoms with Gasteiger partial charge in [0.2, 0.25) is 5.95 Å². The molecule has 16 heavy (non-hydrogen) atoms. The Hall–Kier alpha value is -1.91. The topological polar surface area (TPSA) is 69.6 Å². The first-order chi connectivity index (χ1) is 7.83. The van der Waals surface area contributed by atoms with E-state index in [4.69, 9.17) is 5.73 Å². The molecule has 1 aliphatic heterocycles. The van der Waals surface area contributed by atoms with Crippen LogP contribution in [0.2, 0.25) is 0 Å². The second-order valence-electron chi connectivity index (χ2n) is 4.09. The number of fused-ring (bicyclic) bond motifs is 1. The molecule has 2 aromatic heterocycles. The fourth-order valence-corrected chi connectivity index (χ4v) is 2.23. The smallest absolute Gasteiger partial charge is 0.239 e. The number of nitrogen functional groups attached to an aromatic ring is 1. The molecular weight excluding hydrogens is 202 g/mol. The standard InChI is InChI=1S/C11H13N5/c12-11-14-10-6-8(3-5-16(10)15-11)9-2-1-4-13-7-9/h1-2,4,7-8H,3,5-6H2,(H2,12,15). The van der Waals surface area contributed by atoms with Gasteiger partial charge in [0.1, 0.15) is 5.82 Å². The lowest BCUT2D eigenvalue weighted by molar-refractivity contribution is 0.434. The molecule has 0 saturated carbocycles. The first kappa shape index (κ1) is 9.33. The Morgan fingerprint density at radius 3 is 3.19 bits per heavy atom. The Morgan fingerprint density at radius 2 is 2.38 bits per heavy atom. The summed E-state index contributed by atoms with van der Waals surface area (Å²) in [5.41, 5.74) is 6.86. The molecule has 82 valence electrons. The SMILES string of the molecule is Nc1nc2n(n1)CCC(c1cccnc1)C2. The third-order valence-corrected chi connectivity index (χ3v) is 3.04. The molecule has 0 aliphatic carbocycles. The molecule has 0 saturated heterocycles. The predicted octanol–water partition coefficient (Wildman–Crippen LogP) is 0.985. The summed E-state index contributed by atoms with van der Waals surface area (Å²) in [5, 5.41) is 4.15. The van der Waals surface area contributed by atoms with Gasteiger partial charge in [0.15, 0.2) is 0 Å². The van der Waals surface area contributed by atoms with Gasteiger partial charge in [-0.2, -0.15) is 4.98 Å². The van der Waals surface area contributed by atoms with E-state index < -0.39 is 0 Å². The highest BCUT2D eigenvalue weighted by Crippen LogP contribution is 2.27. The van der Waals surface area contributed by atoms with E-state index in [1.807, 2.05) is 16.9 Å². The highest BCUT2D eigenvalue weighted by Gasteiger charge is 2.22. The van der Waals surface area contributed by atoms with Crippen LogP contribution in [0.25, 0.3) is 0 Å². The molecular formula is C11H13N5. The maximum atomic E-state index is 5.59. The number of hydrogen-bond donors (Lipinski definition) is 1. The number of hydrogen-bond acceptors (Lipinski definition) is 4. The van der Waals surface area contributed by atoms with E-state index in [1.54, 1.807) is 6.20 Å². The molecule has 1 atom stereocenters. The van der Waals surface area contributed by atoms with Crippen molar-refractivity contribution in [1.29, 1.82) is 0 Å². The summed E-state index contributed by atoms with van der Waals surface area (Å²) in [6, 6.07) is 4.09. The average Bonchev–Trinajstić information content (AvgIpc) is 2.69. The van der Waals surface area contributed by atoms with E-state index in [2.05, 4.69) is 21.1 Å². The summed E-state index contributed by atoms with van der Waals surface area (Å²) >= 11 is 0. The Labute approximate surface area is 93.3 Å². The minimum atomic E-state index is 0.377. The van der Waals surface area contributed by atoms with Crippen LogP contribution < -0.4 is 5.73 Å². The first-order valence-corrected chi connectivity index (χ1v) is 5.42. The number of anilines is 1. The molecule has 0 aromatic carbocycles. The van der Waals surface area contributed by atoms with Gasteiger partial charge in [-0.1, -0.05) is 6.07 Å². The quantitative estimate of drug-likeness (QED) is 0.770. The second-order valence-corrected chi connectivity index (χ2v) is 4.09. The van der Waals surface area contributed by atoms with E-state index in [9.17, 15) is 0 Å². The number of nitrogens with two attached hydrogens (primary N) is 1. The van der Waals surface area contributed by atoms with Gasteiger partial charge in [-0.25, -0.2) is 4.68 Å². The minimum absolute atomic E-state index is 0.377. The van der Waals surface area contributed by atoms with Crippen LogP contribution in [0.5, 0.6) is 0 Å². The van der Waals surface area contributed by atoms with Crippen LogP contribution in [0.4, 0.5) is 5.95 Å². The van der Waals surface area contributed by atoms with Crippen LogP contribution in [0.15, 0.2) is 24.5 Å².